The number of hydrogen-bond donors (Lipinski definition) is 0. The normalized spacial score (nSPS) is 11.2. The largest absolute Gasteiger partial charge is 0.446 e. The molecule has 0 unspecified atom stereocenters. The summed E-state index contributed by atoms with van der Waals surface area (Å²) in [6.45, 7) is 2.10. The number of furan rings is 1. The first-order valence-corrected chi connectivity index (χ1v) is 4.59. The fourth-order valence-electron chi connectivity index (χ4n) is 1.82. The summed E-state index contributed by atoms with van der Waals surface area (Å²) in [5.41, 5.74) is 2.95. The average Bonchev–Trinajstić information content (AvgIpc) is 2.66. The number of hydrogen-bond acceptors (Lipinski definition) is 2. The van der Waals surface area contributed by atoms with Crippen LogP contribution < -0.4 is 0 Å². The summed E-state index contributed by atoms with van der Waals surface area (Å²) in [6, 6.07) is 10.1. The van der Waals surface area contributed by atoms with Crippen LogP contribution in [0.5, 0.6) is 0 Å². The average molecular weight is 183 g/mol. The van der Waals surface area contributed by atoms with Gasteiger partial charge in [0.15, 0.2) is 0 Å². The SMILES string of the molecule is Cc1c2ccccc2nc2occc12. The number of aryl methyl sites for hydroxylation is 1. The second kappa shape index (κ2) is 2.58. The molecule has 3 rings (SSSR count). The highest BCUT2D eigenvalue weighted by atomic mass is 16.3. The smallest absolute Gasteiger partial charge is 0.226 e. The van der Waals surface area contributed by atoms with Crippen LogP contribution in [0.2, 0.25) is 0 Å². The lowest BCUT2D eigenvalue weighted by molar-refractivity contribution is 0.604. The summed E-state index contributed by atoms with van der Waals surface area (Å²) < 4.78 is 5.30. The Kier molecular flexibility index (Phi) is 1.39. The molecule has 0 saturated carbocycles. The number of benzene rings is 1. The van der Waals surface area contributed by atoms with Crippen molar-refractivity contribution in [2.24, 2.45) is 0 Å². The number of pyridine rings is 1. The van der Waals surface area contributed by atoms with E-state index in [0.717, 1.165) is 16.6 Å². The first-order valence-electron chi connectivity index (χ1n) is 4.59. The molecule has 1 aromatic carbocycles. The van der Waals surface area contributed by atoms with Gasteiger partial charge in [-0.1, -0.05) is 18.2 Å². The van der Waals surface area contributed by atoms with Gasteiger partial charge in [0.1, 0.15) is 0 Å². The summed E-state index contributed by atoms with van der Waals surface area (Å²) >= 11 is 0. The van der Waals surface area contributed by atoms with Crippen molar-refractivity contribution in [2.75, 3.05) is 0 Å². The maximum Gasteiger partial charge on any atom is 0.226 e. The second-order valence-electron chi connectivity index (χ2n) is 3.39. The number of rotatable bonds is 0. The van der Waals surface area contributed by atoms with Crippen LogP contribution in [0.15, 0.2) is 41.0 Å². The zero-order valence-corrected chi connectivity index (χ0v) is 7.82. The minimum atomic E-state index is 0.723. The minimum absolute atomic E-state index is 0.723. The lowest BCUT2D eigenvalue weighted by atomic mass is 10.1. The highest BCUT2D eigenvalue weighted by molar-refractivity contribution is 5.94. The summed E-state index contributed by atoms with van der Waals surface area (Å²) in [5.74, 6) is 0. The van der Waals surface area contributed by atoms with Crippen LogP contribution in [0.1, 0.15) is 5.56 Å². The van der Waals surface area contributed by atoms with Gasteiger partial charge in [0.2, 0.25) is 5.71 Å². The second-order valence-corrected chi connectivity index (χ2v) is 3.39. The molecule has 0 saturated heterocycles. The van der Waals surface area contributed by atoms with Gasteiger partial charge in [0.05, 0.1) is 11.8 Å². The van der Waals surface area contributed by atoms with Gasteiger partial charge in [-0.25, -0.2) is 4.98 Å². The van der Waals surface area contributed by atoms with Crippen LogP contribution >= 0.6 is 0 Å². The number of aromatic nitrogens is 1. The minimum Gasteiger partial charge on any atom is -0.446 e. The Morgan fingerprint density at radius 1 is 1.07 bits per heavy atom. The first kappa shape index (κ1) is 7.56. The third kappa shape index (κ3) is 0.880. The quantitative estimate of drug-likeness (QED) is 0.534. The predicted molar refractivity (Wildman–Crippen MR) is 56.3 cm³/mol. The van der Waals surface area contributed by atoms with E-state index in [0.29, 0.717) is 0 Å². The molecule has 0 aliphatic carbocycles. The molecule has 0 aliphatic heterocycles. The third-order valence-corrected chi connectivity index (χ3v) is 2.58. The standard InChI is InChI=1S/C12H9NO/c1-8-9-4-2-3-5-11(9)13-12-10(8)6-7-14-12/h2-7H,1H3. The van der Waals surface area contributed by atoms with Crippen molar-refractivity contribution in [2.45, 2.75) is 6.92 Å². The molecule has 3 aromatic rings. The molecule has 68 valence electrons. The van der Waals surface area contributed by atoms with E-state index in [4.69, 9.17) is 4.42 Å². The van der Waals surface area contributed by atoms with Crippen LogP contribution in [0, 0.1) is 6.92 Å². The van der Waals surface area contributed by atoms with E-state index in [9.17, 15) is 0 Å². The number of fused-ring (bicyclic) bond motifs is 2. The molecule has 2 heterocycles. The lowest BCUT2D eigenvalue weighted by Gasteiger charge is -2.01. The Hall–Kier alpha value is -1.83. The summed E-state index contributed by atoms with van der Waals surface area (Å²) in [4.78, 5) is 4.43. The molecule has 0 spiro atoms. The van der Waals surface area contributed by atoms with Crippen molar-refractivity contribution in [1.82, 2.24) is 4.98 Å². The van der Waals surface area contributed by atoms with Crippen LogP contribution in [0.25, 0.3) is 22.0 Å². The summed E-state index contributed by atoms with van der Waals surface area (Å²) in [5, 5.41) is 2.30. The van der Waals surface area contributed by atoms with Crippen molar-refractivity contribution in [3.63, 3.8) is 0 Å². The van der Waals surface area contributed by atoms with Gasteiger partial charge in [-0.3, -0.25) is 0 Å². The van der Waals surface area contributed by atoms with Gasteiger partial charge in [-0.2, -0.15) is 0 Å². The van der Waals surface area contributed by atoms with Crippen molar-refractivity contribution < 1.29 is 4.42 Å². The fraction of sp³-hybridized carbons (Fsp3) is 0.0833. The Balaban J connectivity index is 2.63. The molecule has 2 heteroatoms. The van der Waals surface area contributed by atoms with Crippen molar-refractivity contribution in [3.8, 4) is 0 Å². The molecule has 0 fully saturated rings. The van der Waals surface area contributed by atoms with Crippen LogP contribution in [-0.2, 0) is 0 Å². The van der Waals surface area contributed by atoms with Crippen molar-refractivity contribution in [3.05, 3.63) is 42.2 Å². The molecule has 0 radical (unpaired) electrons. The Labute approximate surface area is 81.2 Å². The van der Waals surface area contributed by atoms with E-state index in [2.05, 4.69) is 18.0 Å². The predicted octanol–water partition coefficient (Wildman–Crippen LogP) is 3.29. The molecule has 0 atom stereocenters. The fourth-order valence-corrected chi connectivity index (χ4v) is 1.82. The summed E-state index contributed by atoms with van der Waals surface area (Å²) in [7, 11) is 0. The number of nitrogens with zero attached hydrogens (tertiary/aromatic N) is 1. The van der Waals surface area contributed by atoms with E-state index >= 15 is 0 Å². The van der Waals surface area contributed by atoms with E-state index in [1.807, 2.05) is 24.3 Å². The van der Waals surface area contributed by atoms with Crippen LogP contribution in [0.4, 0.5) is 0 Å². The van der Waals surface area contributed by atoms with Crippen LogP contribution in [-0.4, -0.2) is 4.98 Å². The van der Waals surface area contributed by atoms with Gasteiger partial charge < -0.3 is 4.42 Å². The van der Waals surface area contributed by atoms with Crippen LogP contribution in [0.3, 0.4) is 0 Å². The van der Waals surface area contributed by atoms with Gasteiger partial charge in [-0.15, -0.1) is 0 Å². The summed E-state index contributed by atoms with van der Waals surface area (Å²) in [6.07, 6.45) is 1.68. The highest BCUT2D eigenvalue weighted by Gasteiger charge is 2.06. The zero-order chi connectivity index (χ0) is 9.54. The molecule has 0 N–H and O–H groups in total. The maximum atomic E-state index is 5.30. The Morgan fingerprint density at radius 2 is 1.93 bits per heavy atom. The van der Waals surface area contributed by atoms with E-state index in [1.165, 1.54) is 10.9 Å². The molecule has 0 bridgehead atoms. The monoisotopic (exact) mass is 183 g/mol. The van der Waals surface area contributed by atoms with Gasteiger partial charge >= 0.3 is 0 Å². The van der Waals surface area contributed by atoms with E-state index in [1.54, 1.807) is 6.26 Å². The highest BCUT2D eigenvalue weighted by Crippen LogP contribution is 2.25. The van der Waals surface area contributed by atoms with Gasteiger partial charge in [0, 0.05) is 10.8 Å². The van der Waals surface area contributed by atoms with E-state index in [-0.39, 0.29) is 0 Å². The molecule has 2 aromatic heterocycles. The molecular weight excluding hydrogens is 174 g/mol. The molecule has 14 heavy (non-hydrogen) atoms. The maximum absolute atomic E-state index is 5.30. The molecule has 0 amide bonds. The van der Waals surface area contributed by atoms with E-state index < -0.39 is 0 Å². The topological polar surface area (TPSA) is 26.0 Å². The third-order valence-electron chi connectivity index (χ3n) is 2.58. The first-order chi connectivity index (χ1) is 6.86. The molecular formula is C12H9NO. The Bertz CT molecular complexity index is 610. The molecule has 2 nitrogen and oxygen atoms in total. The van der Waals surface area contributed by atoms with Crippen molar-refractivity contribution >= 4 is 22.0 Å². The lowest BCUT2D eigenvalue weighted by Crippen LogP contribution is -1.83. The van der Waals surface area contributed by atoms with Gasteiger partial charge in [0.25, 0.3) is 0 Å². The van der Waals surface area contributed by atoms with Crippen molar-refractivity contribution in [1.29, 1.82) is 0 Å². The Morgan fingerprint density at radius 3 is 2.86 bits per heavy atom. The number of para-hydroxylation sites is 1. The molecule has 0 aliphatic rings. The zero-order valence-electron chi connectivity index (χ0n) is 7.82. The van der Waals surface area contributed by atoms with Gasteiger partial charge in [-0.05, 0) is 24.6 Å².